The molecular weight excluding hydrogens is 320 g/mol. The number of nitriles is 1. The molecule has 0 amide bonds. The van der Waals surface area contributed by atoms with Gasteiger partial charge in [0.1, 0.15) is 0 Å². The van der Waals surface area contributed by atoms with Gasteiger partial charge < -0.3 is 0 Å². The van der Waals surface area contributed by atoms with Crippen molar-refractivity contribution >= 4 is 10.0 Å². The molecule has 1 N–H and O–H groups in total. The average Bonchev–Trinajstić information content (AvgIpc) is 2.53. The van der Waals surface area contributed by atoms with Crippen molar-refractivity contribution in [2.45, 2.75) is 56.4 Å². The van der Waals surface area contributed by atoms with Crippen molar-refractivity contribution in [3.05, 3.63) is 29.8 Å². The van der Waals surface area contributed by atoms with Crippen LogP contribution >= 0.6 is 0 Å². The fourth-order valence-electron chi connectivity index (χ4n) is 5.84. The van der Waals surface area contributed by atoms with Gasteiger partial charge in [0.25, 0.3) is 0 Å². The highest BCUT2D eigenvalue weighted by Gasteiger charge is 2.53. The number of hydrogen-bond donors (Lipinski definition) is 1. The highest BCUT2D eigenvalue weighted by molar-refractivity contribution is 7.89. The Hall–Kier alpha value is -1.38. The van der Waals surface area contributed by atoms with Crippen molar-refractivity contribution in [3.8, 4) is 6.07 Å². The van der Waals surface area contributed by atoms with Gasteiger partial charge in [-0.2, -0.15) is 5.26 Å². The lowest BCUT2D eigenvalue weighted by Crippen LogP contribution is -2.55. The fraction of sp³-hybridized carbons (Fsp3) is 0.632. The maximum Gasteiger partial charge on any atom is 0.240 e. The van der Waals surface area contributed by atoms with Crippen LogP contribution in [0.15, 0.2) is 29.2 Å². The van der Waals surface area contributed by atoms with E-state index < -0.39 is 10.0 Å². The summed E-state index contributed by atoms with van der Waals surface area (Å²) < 4.78 is 28.4. The largest absolute Gasteiger partial charge is 0.240 e. The molecule has 1 aromatic rings. The Morgan fingerprint density at radius 2 is 1.58 bits per heavy atom. The average molecular weight is 344 g/mol. The van der Waals surface area contributed by atoms with Crippen molar-refractivity contribution in [3.63, 3.8) is 0 Å². The van der Waals surface area contributed by atoms with E-state index in [-0.39, 0.29) is 16.4 Å². The van der Waals surface area contributed by atoms with Gasteiger partial charge >= 0.3 is 0 Å². The maximum absolute atomic E-state index is 12.7. The van der Waals surface area contributed by atoms with Crippen LogP contribution in [0.25, 0.3) is 0 Å². The molecule has 0 spiro atoms. The minimum absolute atomic E-state index is 0.0356. The number of nitrogens with one attached hydrogen (secondary N) is 1. The van der Waals surface area contributed by atoms with Gasteiger partial charge in [-0.15, -0.1) is 0 Å². The maximum atomic E-state index is 12.7. The zero-order valence-electron chi connectivity index (χ0n) is 14.0. The van der Waals surface area contributed by atoms with Gasteiger partial charge in [0.05, 0.1) is 16.5 Å². The van der Waals surface area contributed by atoms with Gasteiger partial charge in [0.2, 0.25) is 10.0 Å². The van der Waals surface area contributed by atoms with Crippen LogP contribution in [-0.4, -0.2) is 14.5 Å². The molecule has 0 heterocycles. The van der Waals surface area contributed by atoms with E-state index in [9.17, 15) is 8.42 Å². The monoisotopic (exact) mass is 344 g/mol. The summed E-state index contributed by atoms with van der Waals surface area (Å²) in [5, 5.41) is 8.86. The summed E-state index contributed by atoms with van der Waals surface area (Å²) in [5.41, 5.74) is 0.622. The molecule has 128 valence electrons. The third kappa shape index (κ3) is 2.66. The predicted molar refractivity (Wildman–Crippen MR) is 91.5 cm³/mol. The van der Waals surface area contributed by atoms with Crippen molar-refractivity contribution in [1.82, 2.24) is 4.72 Å². The Labute approximate surface area is 144 Å². The lowest BCUT2D eigenvalue weighted by Gasteiger charge is -2.59. The fourth-order valence-corrected chi connectivity index (χ4v) is 7.19. The second-order valence-corrected chi connectivity index (χ2v) is 9.97. The molecule has 5 rings (SSSR count). The first-order valence-corrected chi connectivity index (χ1v) is 10.4. The molecule has 0 radical (unpaired) electrons. The van der Waals surface area contributed by atoms with Gasteiger partial charge in [0, 0.05) is 6.04 Å². The molecule has 4 aliphatic carbocycles. The smallest absolute Gasteiger partial charge is 0.208 e. The second-order valence-electron chi connectivity index (χ2n) is 8.26. The number of rotatable bonds is 4. The zero-order chi connectivity index (χ0) is 16.9. The van der Waals surface area contributed by atoms with Gasteiger partial charge in [-0.05, 0) is 92.9 Å². The summed E-state index contributed by atoms with van der Waals surface area (Å²) in [6.07, 6.45) is 7.60. The molecule has 0 unspecified atom stereocenters. The summed E-state index contributed by atoms with van der Waals surface area (Å²) >= 11 is 0. The highest BCUT2D eigenvalue weighted by atomic mass is 32.2. The number of nitrogens with zero attached hydrogens (tertiary/aromatic N) is 1. The van der Waals surface area contributed by atoms with E-state index in [0.29, 0.717) is 5.56 Å². The Balaban J connectivity index is 1.55. The first-order valence-electron chi connectivity index (χ1n) is 8.93. The van der Waals surface area contributed by atoms with Crippen molar-refractivity contribution in [1.29, 1.82) is 5.26 Å². The van der Waals surface area contributed by atoms with E-state index in [1.165, 1.54) is 50.7 Å². The van der Waals surface area contributed by atoms with Crippen molar-refractivity contribution in [2.24, 2.45) is 23.2 Å². The van der Waals surface area contributed by atoms with Gasteiger partial charge in [-0.25, -0.2) is 13.1 Å². The van der Waals surface area contributed by atoms with Crippen molar-refractivity contribution < 1.29 is 8.42 Å². The van der Waals surface area contributed by atoms with Crippen LogP contribution in [0.3, 0.4) is 0 Å². The molecule has 0 saturated heterocycles. The molecule has 4 fully saturated rings. The molecule has 0 aliphatic heterocycles. The van der Waals surface area contributed by atoms with E-state index in [4.69, 9.17) is 5.26 Å². The lowest BCUT2D eigenvalue weighted by atomic mass is 9.48. The van der Waals surface area contributed by atoms with E-state index in [1.54, 1.807) is 12.1 Å². The summed E-state index contributed by atoms with van der Waals surface area (Å²) in [7, 11) is -3.54. The van der Waals surface area contributed by atoms with Gasteiger partial charge in [0.15, 0.2) is 0 Å². The number of benzene rings is 1. The Morgan fingerprint density at radius 3 is 2.04 bits per heavy atom. The molecule has 1 aromatic carbocycles. The summed E-state index contributed by atoms with van der Waals surface area (Å²) in [6, 6.07) is 8.15. The first kappa shape index (κ1) is 16.1. The molecule has 0 aromatic heterocycles. The molecule has 4 bridgehead atoms. The second kappa shape index (κ2) is 5.57. The van der Waals surface area contributed by atoms with Crippen LogP contribution in [0.5, 0.6) is 0 Å². The standard InChI is InChI=1S/C19H24N2O2S/c1-13(19-9-15-6-16(10-19)8-17(7-15)11-19)21-24(22,23)18-4-2-14(12-20)3-5-18/h2-5,13,15-17,21H,6-11H2,1H3/t13-,15?,16?,17?,19?/m0/s1. The van der Waals surface area contributed by atoms with Crippen molar-refractivity contribution in [2.75, 3.05) is 0 Å². The molecule has 5 heteroatoms. The molecule has 24 heavy (non-hydrogen) atoms. The van der Waals surface area contributed by atoms with Crippen LogP contribution < -0.4 is 4.72 Å². The van der Waals surface area contributed by atoms with E-state index in [2.05, 4.69) is 4.72 Å². The van der Waals surface area contributed by atoms with E-state index in [1.807, 2.05) is 13.0 Å². The number of hydrogen-bond acceptors (Lipinski definition) is 3. The first-order chi connectivity index (χ1) is 11.4. The summed E-state index contributed by atoms with van der Waals surface area (Å²) in [5.74, 6) is 2.41. The molecule has 1 atom stereocenters. The molecule has 4 aliphatic rings. The van der Waals surface area contributed by atoms with Crippen LogP contribution in [0.1, 0.15) is 51.0 Å². The molecule has 4 nitrogen and oxygen atoms in total. The minimum Gasteiger partial charge on any atom is -0.208 e. The summed E-state index contributed by atoms with van der Waals surface area (Å²) in [4.78, 5) is 0.248. The normalized spacial score (nSPS) is 35.6. The topological polar surface area (TPSA) is 70.0 Å². The highest BCUT2D eigenvalue weighted by Crippen LogP contribution is 2.61. The van der Waals surface area contributed by atoms with Crippen LogP contribution in [-0.2, 0) is 10.0 Å². The summed E-state index contributed by atoms with van der Waals surface area (Å²) in [6.45, 7) is 2.05. The molecule has 4 saturated carbocycles. The van der Waals surface area contributed by atoms with E-state index >= 15 is 0 Å². The Morgan fingerprint density at radius 1 is 1.08 bits per heavy atom. The minimum atomic E-state index is -3.54. The number of sulfonamides is 1. The third-order valence-electron chi connectivity index (χ3n) is 6.63. The van der Waals surface area contributed by atoms with Crippen LogP contribution in [0.4, 0.5) is 0 Å². The zero-order valence-corrected chi connectivity index (χ0v) is 14.8. The van der Waals surface area contributed by atoms with E-state index in [0.717, 1.165) is 17.8 Å². The Bertz CT molecular complexity index is 741. The Kier molecular flexibility index (Phi) is 3.74. The SMILES string of the molecule is C[C@H](NS(=O)(=O)c1ccc(C#N)cc1)C12CC3CC(CC(C3)C1)C2. The van der Waals surface area contributed by atoms with Gasteiger partial charge in [-0.3, -0.25) is 0 Å². The molecular formula is C19H24N2O2S. The van der Waals surface area contributed by atoms with Crippen LogP contribution in [0.2, 0.25) is 0 Å². The quantitative estimate of drug-likeness (QED) is 0.909. The lowest BCUT2D eigenvalue weighted by molar-refractivity contribution is -0.0666. The van der Waals surface area contributed by atoms with Crippen LogP contribution in [0, 0.1) is 34.5 Å². The van der Waals surface area contributed by atoms with Gasteiger partial charge in [-0.1, -0.05) is 0 Å². The third-order valence-corrected chi connectivity index (χ3v) is 8.19. The predicted octanol–water partition coefficient (Wildman–Crippen LogP) is 3.44.